The Morgan fingerprint density at radius 2 is 1.95 bits per heavy atom. The Balaban J connectivity index is 1.95. The topological polar surface area (TPSA) is 76.7 Å². The van der Waals surface area contributed by atoms with Crippen molar-refractivity contribution in [3.8, 4) is 0 Å². The Hall–Kier alpha value is -1.85. The molecule has 2 aromatic rings. The van der Waals surface area contributed by atoms with Crippen LogP contribution in [0.1, 0.15) is 16.8 Å². The van der Waals surface area contributed by atoms with Crippen molar-refractivity contribution in [2.24, 2.45) is 5.73 Å². The highest BCUT2D eigenvalue weighted by atomic mass is 15.3. The normalized spacial score (nSPS) is 10.6. The maximum absolute atomic E-state index is 5.46. The largest absolute Gasteiger partial charge is 0.329 e. The molecule has 0 unspecified atom stereocenters. The molecule has 0 fully saturated rings. The van der Waals surface area contributed by atoms with Crippen LogP contribution in [-0.2, 0) is 19.4 Å². The number of hydrogen-bond acceptors (Lipinski definition) is 5. The van der Waals surface area contributed by atoms with Crippen molar-refractivity contribution >= 4 is 0 Å². The lowest BCUT2D eigenvalue weighted by atomic mass is 10.1. The van der Waals surface area contributed by atoms with Crippen molar-refractivity contribution in [2.75, 3.05) is 13.1 Å². The molecule has 19 heavy (non-hydrogen) atoms. The van der Waals surface area contributed by atoms with Gasteiger partial charge in [0.2, 0.25) is 0 Å². The third-order valence-corrected chi connectivity index (χ3v) is 2.93. The molecule has 0 saturated carbocycles. The van der Waals surface area contributed by atoms with Crippen LogP contribution in [0.15, 0.2) is 36.5 Å². The molecule has 0 aliphatic rings. The van der Waals surface area contributed by atoms with E-state index in [-0.39, 0.29) is 0 Å². The van der Waals surface area contributed by atoms with E-state index in [1.165, 1.54) is 5.56 Å². The lowest BCUT2D eigenvalue weighted by Gasteiger charge is -2.07. The van der Waals surface area contributed by atoms with E-state index >= 15 is 0 Å². The summed E-state index contributed by atoms with van der Waals surface area (Å²) in [5.74, 6) is 0. The third kappa shape index (κ3) is 4.39. The molecule has 5 nitrogen and oxygen atoms in total. The van der Waals surface area contributed by atoms with Gasteiger partial charge in [0, 0.05) is 25.2 Å². The van der Waals surface area contributed by atoms with Gasteiger partial charge in [0.05, 0.1) is 11.9 Å². The van der Waals surface area contributed by atoms with Crippen molar-refractivity contribution in [3.05, 3.63) is 53.3 Å². The number of hydrogen-bond donors (Lipinski definition) is 2. The number of aryl methyl sites for hydroxylation is 2. The average Bonchev–Trinajstić information content (AvgIpc) is 2.48. The smallest absolute Gasteiger partial charge is 0.0713 e. The van der Waals surface area contributed by atoms with Crippen LogP contribution < -0.4 is 11.1 Å². The molecule has 1 heterocycles. The SMILES string of the molecule is NCCNCc1cnnnc1CCc1ccccc1. The van der Waals surface area contributed by atoms with Gasteiger partial charge in [-0.15, -0.1) is 10.2 Å². The lowest BCUT2D eigenvalue weighted by Crippen LogP contribution is -2.23. The summed E-state index contributed by atoms with van der Waals surface area (Å²) in [5.41, 5.74) is 8.87. The van der Waals surface area contributed by atoms with Crippen molar-refractivity contribution in [2.45, 2.75) is 19.4 Å². The fraction of sp³-hybridized carbons (Fsp3) is 0.357. The molecule has 3 N–H and O–H groups in total. The molecule has 0 amide bonds. The molecule has 0 bridgehead atoms. The molecule has 5 heteroatoms. The van der Waals surface area contributed by atoms with Crippen LogP contribution >= 0.6 is 0 Å². The summed E-state index contributed by atoms with van der Waals surface area (Å²) in [6, 6.07) is 10.4. The van der Waals surface area contributed by atoms with Gasteiger partial charge in [0.25, 0.3) is 0 Å². The van der Waals surface area contributed by atoms with Gasteiger partial charge in [0.1, 0.15) is 0 Å². The quantitative estimate of drug-likeness (QED) is 0.714. The highest BCUT2D eigenvalue weighted by Crippen LogP contribution is 2.08. The molecule has 0 aliphatic heterocycles. The van der Waals surface area contributed by atoms with Crippen molar-refractivity contribution in [1.82, 2.24) is 20.7 Å². The average molecular weight is 257 g/mol. The number of nitrogens with two attached hydrogens (primary N) is 1. The molecule has 1 aromatic heterocycles. The molecule has 1 aromatic carbocycles. The van der Waals surface area contributed by atoms with E-state index in [1.807, 2.05) is 6.07 Å². The van der Waals surface area contributed by atoms with Gasteiger partial charge in [-0.05, 0) is 23.6 Å². The fourth-order valence-electron chi connectivity index (χ4n) is 1.90. The fourth-order valence-corrected chi connectivity index (χ4v) is 1.90. The zero-order chi connectivity index (χ0) is 13.3. The van der Waals surface area contributed by atoms with Gasteiger partial charge in [-0.25, -0.2) is 0 Å². The van der Waals surface area contributed by atoms with Gasteiger partial charge in [-0.1, -0.05) is 30.3 Å². The summed E-state index contributed by atoms with van der Waals surface area (Å²) < 4.78 is 0. The Morgan fingerprint density at radius 1 is 1.11 bits per heavy atom. The van der Waals surface area contributed by atoms with E-state index in [9.17, 15) is 0 Å². The van der Waals surface area contributed by atoms with Crippen LogP contribution in [0.4, 0.5) is 0 Å². The van der Waals surface area contributed by atoms with Crippen LogP contribution in [0, 0.1) is 0 Å². The lowest BCUT2D eigenvalue weighted by molar-refractivity contribution is 0.666. The van der Waals surface area contributed by atoms with E-state index in [2.05, 4.69) is 45.0 Å². The van der Waals surface area contributed by atoms with Crippen LogP contribution in [0.5, 0.6) is 0 Å². The molecular formula is C14H19N5. The first-order valence-electron chi connectivity index (χ1n) is 6.51. The number of aromatic nitrogens is 3. The molecular weight excluding hydrogens is 238 g/mol. The maximum Gasteiger partial charge on any atom is 0.0713 e. The Morgan fingerprint density at radius 3 is 2.74 bits per heavy atom. The number of rotatable bonds is 7. The summed E-state index contributed by atoms with van der Waals surface area (Å²) in [7, 11) is 0. The van der Waals surface area contributed by atoms with Gasteiger partial charge in [-0.2, -0.15) is 0 Å². The first kappa shape index (κ1) is 13.6. The van der Waals surface area contributed by atoms with Crippen molar-refractivity contribution < 1.29 is 0 Å². The number of nitrogens with one attached hydrogen (secondary N) is 1. The predicted molar refractivity (Wildman–Crippen MR) is 74.4 cm³/mol. The summed E-state index contributed by atoms with van der Waals surface area (Å²) in [5, 5.41) is 15.0. The Kier molecular flexibility index (Phi) is 5.40. The molecule has 0 radical (unpaired) electrons. The minimum absolute atomic E-state index is 0.630. The zero-order valence-corrected chi connectivity index (χ0v) is 10.9. The van der Waals surface area contributed by atoms with E-state index in [4.69, 9.17) is 5.73 Å². The second kappa shape index (κ2) is 7.56. The van der Waals surface area contributed by atoms with Gasteiger partial charge in [-0.3, -0.25) is 0 Å². The first-order valence-corrected chi connectivity index (χ1v) is 6.51. The van der Waals surface area contributed by atoms with Crippen molar-refractivity contribution in [3.63, 3.8) is 0 Å². The van der Waals surface area contributed by atoms with E-state index < -0.39 is 0 Å². The van der Waals surface area contributed by atoms with Crippen LogP contribution in [0.25, 0.3) is 0 Å². The first-order chi connectivity index (χ1) is 9.40. The third-order valence-electron chi connectivity index (χ3n) is 2.93. The highest BCUT2D eigenvalue weighted by Gasteiger charge is 2.05. The highest BCUT2D eigenvalue weighted by molar-refractivity contribution is 5.19. The minimum Gasteiger partial charge on any atom is -0.329 e. The van der Waals surface area contributed by atoms with E-state index in [0.29, 0.717) is 6.54 Å². The second-order valence-electron chi connectivity index (χ2n) is 4.36. The molecule has 2 rings (SSSR count). The van der Waals surface area contributed by atoms with Crippen LogP contribution in [0.2, 0.25) is 0 Å². The van der Waals surface area contributed by atoms with Crippen LogP contribution in [-0.4, -0.2) is 28.5 Å². The molecule has 0 aliphatic carbocycles. The standard InChI is InChI=1S/C14H19N5/c15-8-9-16-10-13-11-17-19-18-14(13)7-6-12-4-2-1-3-5-12/h1-5,11,16H,6-10,15H2. The van der Waals surface area contributed by atoms with Gasteiger partial charge < -0.3 is 11.1 Å². The summed E-state index contributed by atoms with van der Waals surface area (Å²) in [6.07, 6.45) is 3.61. The molecule has 100 valence electrons. The zero-order valence-electron chi connectivity index (χ0n) is 10.9. The summed E-state index contributed by atoms with van der Waals surface area (Å²) in [4.78, 5) is 0. The number of nitrogens with zero attached hydrogens (tertiary/aromatic N) is 3. The predicted octanol–water partition coefficient (Wildman–Crippen LogP) is 0.705. The van der Waals surface area contributed by atoms with Gasteiger partial charge >= 0.3 is 0 Å². The number of benzene rings is 1. The maximum atomic E-state index is 5.46. The van der Waals surface area contributed by atoms with E-state index in [0.717, 1.165) is 37.2 Å². The summed E-state index contributed by atoms with van der Waals surface area (Å²) >= 11 is 0. The minimum atomic E-state index is 0.630. The van der Waals surface area contributed by atoms with Crippen molar-refractivity contribution in [1.29, 1.82) is 0 Å². The summed E-state index contributed by atoms with van der Waals surface area (Å²) in [6.45, 7) is 2.16. The molecule has 0 atom stereocenters. The molecule has 0 spiro atoms. The Labute approximate surface area is 113 Å². The van der Waals surface area contributed by atoms with Crippen LogP contribution in [0.3, 0.4) is 0 Å². The second-order valence-corrected chi connectivity index (χ2v) is 4.36. The monoisotopic (exact) mass is 257 g/mol. The van der Waals surface area contributed by atoms with E-state index in [1.54, 1.807) is 6.20 Å². The van der Waals surface area contributed by atoms with Gasteiger partial charge in [0.15, 0.2) is 0 Å². The molecule has 0 saturated heterocycles. The Bertz CT molecular complexity index is 486.